The van der Waals surface area contributed by atoms with Crippen LogP contribution in [0.5, 0.6) is 0 Å². The Morgan fingerprint density at radius 3 is 2.56 bits per heavy atom. The largest absolute Gasteiger partial charge is 0.510 e. The Labute approximate surface area is 94.0 Å². The fourth-order valence-electron chi connectivity index (χ4n) is 1.85. The fourth-order valence-corrected chi connectivity index (χ4v) is 1.85. The Bertz CT molecular complexity index is 426. The van der Waals surface area contributed by atoms with Gasteiger partial charge in [-0.3, -0.25) is 5.41 Å². The van der Waals surface area contributed by atoms with Gasteiger partial charge in [-0.2, -0.15) is 0 Å². The number of nitrogens with one attached hydrogen (secondary N) is 1. The lowest BCUT2D eigenvalue weighted by molar-refractivity contribution is 0.248. The van der Waals surface area contributed by atoms with Crippen LogP contribution in [-0.4, -0.2) is 40.6 Å². The normalized spacial score (nSPS) is 16.1. The van der Waals surface area contributed by atoms with Crippen LogP contribution in [0.25, 0.3) is 5.57 Å². The molecule has 0 saturated carbocycles. The lowest BCUT2D eigenvalue weighted by atomic mass is 10.1. The summed E-state index contributed by atoms with van der Waals surface area (Å²) in [5, 5.41) is 26.6. The molecule has 0 atom stereocenters. The van der Waals surface area contributed by atoms with Gasteiger partial charge in [-0.25, -0.2) is 0 Å². The van der Waals surface area contributed by atoms with Crippen LogP contribution in [-0.2, 0) is 0 Å². The fraction of sp³-hybridized carbons (Fsp3) is 0.250. The molecule has 0 saturated heterocycles. The van der Waals surface area contributed by atoms with Crippen LogP contribution in [0.4, 0.5) is 0 Å². The predicted molar refractivity (Wildman–Crippen MR) is 62.4 cm³/mol. The SMILES string of the molecule is N=C1C(c2ccccc2)=C(O)CN1CCO. The van der Waals surface area contributed by atoms with Crippen molar-refractivity contribution < 1.29 is 10.2 Å². The Morgan fingerprint density at radius 2 is 1.94 bits per heavy atom. The highest BCUT2D eigenvalue weighted by Crippen LogP contribution is 2.26. The molecule has 3 N–H and O–H groups in total. The minimum absolute atomic E-state index is 0.0161. The van der Waals surface area contributed by atoms with E-state index in [1.54, 1.807) is 4.90 Å². The number of amidine groups is 1. The van der Waals surface area contributed by atoms with Crippen molar-refractivity contribution in [1.29, 1.82) is 5.41 Å². The van der Waals surface area contributed by atoms with E-state index in [9.17, 15) is 5.11 Å². The van der Waals surface area contributed by atoms with Gasteiger partial charge in [0.1, 0.15) is 11.6 Å². The van der Waals surface area contributed by atoms with E-state index in [1.165, 1.54) is 0 Å². The Hall–Kier alpha value is -1.81. The first-order valence-electron chi connectivity index (χ1n) is 5.16. The quantitative estimate of drug-likeness (QED) is 0.715. The topological polar surface area (TPSA) is 67.5 Å². The second-order valence-corrected chi connectivity index (χ2v) is 3.68. The van der Waals surface area contributed by atoms with Gasteiger partial charge in [-0.05, 0) is 5.56 Å². The van der Waals surface area contributed by atoms with Crippen molar-refractivity contribution >= 4 is 11.4 Å². The molecule has 84 valence electrons. The van der Waals surface area contributed by atoms with Crippen LogP contribution in [0.2, 0.25) is 0 Å². The molecule has 1 heterocycles. The number of hydrogen-bond donors (Lipinski definition) is 3. The number of aliphatic hydroxyl groups is 2. The molecule has 1 aromatic rings. The van der Waals surface area contributed by atoms with Crippen LogP contribution in [0, 0.1) is 5.41 Å². The number of hydrogen-bond acceptors (Lipinski definition) is 3. The summed E-state index contributed by atoms with van der Waals surface area (Å²) in [6.07, 6.45) is 0. The zero-order valence-electron chi connectivity index (χ0n) is 8.85. The molecule has 4 nitrogen and oxygen atoms in total. The molecule has 1 aromatic carbocycles. The van der Waals surface area contributed by atoms with Crippen LogP contribution < -0.4 is 0 Å². The molecule has 0 aliphatic carbocycles. The molecule has 0 aromatic heterocycles. The van der Waals surface area contributed by atoms with E-state index in [-0.39, 0.29) is 18.2 Å². The van der Waals surface area contributed by atoms with Gasteiger partial charge >= 0.3 is 0 Å². The zero-order valence-corrected chi connectivity index (χ0v) is 8.85. The summed E-state index contributed by atoms with van der Waals surface area (Å²) in [7, 11) is 0. The Balaban J connectivity index is 2.29. The Morgan fingerprint density at radius 1 is 1.25 bits per heavy atom. The average molecular weight is 218 g/mol. The van der Waals surface area contributed by atoms with Gasteiger partial charge in [-0.15, -0.1) is 0 Å². The van der Waals surface area contributed by atoms with E-state index >= 15 is 0 Å². The van der Waals surface area contributed by atoms with Crippen molar-refractivity contribution in [2.45, 2.75) is 0 Å². The molecule has 1 aliphatic rings. The molecule has 1 aliphatic heterocycles. The maximum Gasteiger partial charge on any atom is 0.132 e. The smallest absolute Gasteiger partial charge is 0.132 e. The molecular formula is C12H14N2O2. The summed E-state index contributed by atoms with van der Waals surface area (Å²) < 4.78 is 0. The molecule has 2 rings (SSSR count). The van der Waals surface area contributed by atoms with Crippen molar-refractivity contribution in [3.05, 3.63) is 41.7 Å². The lowest BCUT2D eigenvalue weighted by Gasteiger charge is -2.16. The molecular weight excluding hydrogens is 204 g/mol. The highest BCUT2D eigenvalue weighted by Gasteiger charge is 2.27. The Kier molecular flexibility index (Phi) is 2.92. The van der Waals surface area contributed by atoms with Crippen LogP contribution >= 0.6 is 0 Å². The zero-order chi connectivity index (χ0) is 11.5. The van der Waals surface area contributed by atoms with Gasteiger partial charge in [0.25, 0.3) is 0 Å². The predicted octanol–water partition coefficient (Wildman–Crippen LogP) is 1.24. The summed E-state index contributed by atoms with van der Waals surface area (Å²) in [5.74, 6) is 0.474. The van der Waals surface area contributed by atoms with Crippen molar-refractivity contribution in [2.75, 3.05) is 19.7 Å². The van der Waals surface area contributed by atoms with E-state index in [2.05, 4.69) is 0 Å². The van der Waals surface area contributed by atoms with Gasteiger partial charge in [0.15, 0.2) is 0 Å². The monoisotopic (exact) mass is 218 g/mol. The highest BCUT2D eigenvalue weighted by atomic mass is 16.3. The van der Waals surface area contributed by atoms with Gasteiger partial charge in [0, 0.05) is 6.54 Å². The average Bonchev–Trinajstić information content (AvgIpc) is 2.56. The second kappa shape index (κ2) is 4.37. The van der Waals surface area contributed by atoms with Crippen molar-refractivity contribution in [1.82, 2.24) is 4.90 Å². The summed E-state index contributed by atoms with van der Waals surface area (Å²) >= 11 is 0. The molecule has 16 heavy (non-hydrogen) atoms. The molecule has 0 fully saturated rings. The first-order valence-corrected chi connectivity index (χ1v) is 5.16. The van der Waals surface area contributed by atoms with Crippen molar-refractivity contribution in [3.63, 3.8) is 0 Å². The van der Waals surface area contributed by atoms with Crippen molar-refractivity contribution in [2.24, 2.45) is 0 Å². The maximum atomic E-state index is 9.83. The van der Waals surface area contributed by atoms with Gasteiger partial charge in [-0.1, -0.05) is 30.3 Å². The number of β-amino-alcohol motifs (C(OH)–C–C–N with tert-alkyl or cyclic N) is 1. The van der Waals surface area contributed by atoms with E-state index in [1.807, 2.05) is 30.3 Å². The summed E-state index contributed by atoms with van der Waals surface area (Å²) in [4.78, 5) is 1.65. The molecule has 0 spiro atoms. The number of rotatable bonds is 3. The molecule has 0 amide bonds. The van der Waals surface area contributed by atoms with E-state index < -0.39 is 0 Å². The van der Waals surface area contributed by atoms with Crippen LogP contribution in [0.3, 0.4) is 0 Å². The van der Waals surface area contributed by atoms with Gasteiger partial charge < -0.3 is 15.1 Å². The van der Waals surface area contributed by atoms with E-state index in [0.717, 1.165) is 5.56 Å². The first kappa shape index (κ1) is 10.7. The lowest BCUT2D eigenvalue weighted by Crippen LogP contribution is -2.29. The number of benzene rings is 1. The third-order valence-corrected chi connectivity index (χ3v) is 2.61. The van der Waals surface area contributed by atoms with Crippen LogP contribution in [0.1, 0.15) is 5.56 Å². The minimum atomic E-state index is -0.0161. The third kappa shape index (κ3) is 1.79. The van der Waals surface area contributed by atoms with E-state index in [4.69, 9.17) is 10.5 Å². The minimum Gasteiger partial charge on any atom is -0.510 e. The first-order chi connectivity index (χ1) is 7.74. The second-order valence-electron chi connectivity index (χ2n) is 3.68. The number of nitrogens with zero attached hydrogens (tertiary/aromatic N) is 1. The van der Waals surface area contributed by atoms with Gasteiger partial charge in [0.2, 0.25) is 0 Å². The summed E-state index contributed by atoms with van der Waals surface area (Å²) in [6, 6.07) is 9.37. The molecule has 4 heteroatoms. The molecule has 0 bridgehead atoms. The van der Waals surface area contributed by atoms with Crippen LogP contribution in [0.15, 0.2) is 36.1 Å². The highest BCUT2D eigenvalue weighted by molar-refractivity contribution is 6.23. The molecule has 0 radical (unpaired) electrons. The summed E-state index contributed by atoms with van der Waals surface area (Å²) in [6.45, 7) is 0.667. The van der Waals surface area contributed by atoms with E-state index in [0.29, 0.717) is 18.7 Å². The summed E-state index contributed by atoms with van der Waals surface area (Å²) in [5.41, 5.74) is 1.40. The standard InChI is InChI=1S/C12H14N2O2/c13-12-11(9-4-2-1-3-5-9)10(16)8-14(12)6-7-15/h1-5,13,15-16H,6-8H2. The third-order valence-electron chi connectivity index (χ3n) is 2.61. The van der Waals surface area contributed by atoms with Gasteiger partial charge in [0.05, 0.1) is 18.7 Å². The number of aliphatic hydroxyl groups excluding tert-OH is 2. The molecule has 0 unspecified atom stereocenters. The maximum absolute atomic E-state index is 9.83. The van der Waals surface area contributed by atoms with Crippen molar-refractivity contribution in [3.8, 4) is 0 Å².